The largest absolute Gasteiger partial charge is 0.413 e. The van der Waals surface area contributed by atoms with Gasteiger partial charge in [-0.15, -0.1) is 0 Å². The molecule has 2 heteroatoms. The molecule has 0 aliphatic rings. The zero-order valence-electron chi connectivity index (χ0n) is 14.2. The van der Waals surface area contributed by atoms with Crippen LogP contribution in [0.5, 0.6) is 0 Å². The van der Waals surface area contributed by atoms with Gasteiger partial charge < -0.3 is 4.43 Å². The van der Waals surface area contributed by atoms with Crippen LogP contribution in [-0.2, 0) is 10.8 Å². The minimum Gasteiger partial charge on any atom is -0.413 e. The van der Waals surface area contributed by atoms with Gasteiger partial charge in [0, 0.05) is 0 Å². The Morgan fingerprint density at radius 2 is 1.62 bits per heavy atom. The predicted molar refractivity (Wildman–Crippen MR) is 96.2 cm³/mol. The van der Waals surface area contributed by atoms with Gasteiger partial charge in [-0.1, -0.05) is 75.4 Å². The standard InChI is InChI=1S/C19H30OSi/c1-19(2,3)21(4,5)20-17-13-8-6-7-10-14-18-15-11-9-12-16-18/h6-9,11-13,15-16H,10,14,17H2,1-5H3. The van der Waals surface area contributed by atoms with Crippen molar-refractivity contribution < 1.29 is 4.43 Å². The minimum absolute atomic E-state index is 0.284. The van der Waals surface area contributed by atoms with E-state index in [1.807, 2.05) is 0 Å². The Kier molecular flexibility index (Phi) is 7.13. The summed E-state index contributed by atoms with van der Waals surface area (Å²) >= 11 is 0. The summed E-state index contributed by atoms with van der Waals surface area (Å²) in [6, 6.07) is 10.6. The van der Waals surface area contributed by atoms with E-state index in [-0.39, 0.29) is 5.04 Å². The highest BCUT2D eigenvalue weighted by molar-refractivity contribution is 6.74. The van der Waals surface area contributed by atoms with Crippen LogP contribution in [0.15, 0.2) is 54.6 Å². The Hall–Kier alpha value is -1.12. The fourth-order valence-corrected chi connectivity index (χ4v) is 2.62. The van der Waals surface area contributed by atoms with Crippen molar-refractivity contribution in [2.75, 3.05) is 6.61 Å². The Morgan fingerprint density at radius 3 is 2.24 bits per heavy atom. The van der Waals surface area contributed by atoms with Crippen LogP contribution in [0.1, 0.15) is 32.8 Å². The maximum Gasteiger partial charge on any atom is 0.192 e. The highest BCUT2D eigenvalue weighted by Gasteiger charge is 2.36. The van der Waals surface area contributed by atoms with Gasteiger partial charge in [-0.2, -0.15) is 0 Å². The lowest BCUT2D eigenvalue weighted by molar-refractivity contribution is 0.328. The van der Waals surface area contributed by atoms with Crippen molar-refractivity contribution in [2.45, 2.75) is 51.7 Å². The molecular formula is C19H30OSi. The van der Waals surface area contributed by atoms with E-state index >= 15 is 0 Å². The van der Waals surface area contributed by atoms with Gasteiger partial charge in [0.05, 0.1) is 6.61 Å². The first-order valence-electron chi connectivity index (χ1n) is 7.82. The zero-order valence-corrected chi connectivity index (χ0v) is 15.2. The SMILES string of the molecule is CC(C)(C)[Si](C)(C)OCC=CC=CCCc1ccccc1. The molecule has 0 spiro atoms. The highest BCUT2D eigenvalue weighted by atomic mass is 28.4. The Labute approximate surface area is 131 Å². The molecule has 0 fully saturated rings. The summed E-state index contributed by atoms with van der Waals surface area (Å²) in [5, 5.41) is 0.284. The van der Waals surface area contributed by atoms with Crippen LogP contribution in [0.25, 0.3) is 0 Å². The molecule has 1 nitrogen and oxygen atoms in total. The molecule has 0 unspecified atom stereocenters. The number of aryl methyl sites for hydroxylation is 1. The summed E-state index contributed by atoms with van der Waals surface area (Å²) in [6.07, 6.45) is 10.7. The van der Waals surface area contributed by atoms with Gasteiger partial charge in [0.2, 0.25) is 0 Å². The fraction of sp³-hybridized carbons (Fsp3) is 0.474. The van der Waals surface area contributed by atoms with Crippen LogP contribution in [0.2, 0.25) is 18.1 Å². The van der Waals surface area contributed by atoms with E-state index in [0.717, 1.165) is 19.4 Å². The van der Waals surface area contributed by atoms with Crippen molar-refractivity contribution in [1.82, 2.24) is 0 Å². The first-order valence-corrected chi connectivity index (χ1v) is 10.7. The Morgan fingerprint density at radius 1 is 1.00 bits per heavy atom. The number of benzene rings is 1. The number of rotatable bonds is 7. The number of hydrogen-bond acceptors (Lipinski definition) is 1. The first-order chi connectivity index (χ1) is 9.83. The van der Waals surface area contributed by atoms with Crippen molar-refractivity contribution in [3.05, 3.63) is 60.2 Å². The molecule has 0 aliphatic carbocycles. The first kappa shape index (κ1) is 17.9. The van der Waals surface area contributed by atoms with Gasteiger partial charge in [0.15, 0.2) is 8.32 Å². The van der Waals surface area contributed by atoms with Gasteiger partial charge in [-0.05, 0) is 36.5 Å². The van der Waals surface area contributed by atoms with Crippen molar-refractivity contribution in [3.63, 3.8) is 0 Å². The predicted octanol–water partition coefficient (Wildman–Crippen LogP) is 5.75. The number of allylic oxidation sites excluding steroid dienone is 3. The third-order valence-electron chi connectivity index (χ3n) is 4.17. The van der Waals surface area contributed by atoms with Crippen molar-refractivity contribution >= 4 is 8.32 Å². The van der Waals surface area contributed by atoms with E-state index in [1.54, 1.807) is 0 Å². The van der Waals surface area contributed by atoms with Crippen molar-refractivity contribution in [3.8, 4) is 0 Å². The van der Waals surface area contributed by atoms with E-state index < -0.39 is 8.32 Å². The fourth-order valence-electron chi connectivity index (χ4n) is 1.68. The normalized spacial score (nSPS) is 13.4. The lowest BCUT2D eigenvalue weighted by Gasteiger charge is -2.35. The lowest BCUT2D eigenvalue weighted by Crippen LogP contribution is -2.40. The molecule has 0 saturated carbocycles. The molecular weight excluding hydrogens is 272 g/mol. The third-order valence-corrected chi connectivity index (χ3v) is 8.67. The minimum atomic E-state index is -1.60. The van der Waals surface area contributed by atoms with Gasteiger partial charge in [0.1, 0.15) is 0 Å². The van der Waals surface area contributed by atoms with Gasteiger partial charge >= 0.3 is 0 Å². The zero-order chi connectivity index (χ0) is 15.8. The molecule has 0 saturated heterocycles. The van der Waals surface area contributed by atoms with Crippen LogP contribution >= 0.6 is 0 Å². The molecule has 0 N–H and O–H groups in total. The quantitative estimate of drug-likeness (QED) is 0.460. The van der Waals surface area contributed by atoms with E-state index in [1.165, 1.54) is 5.56 Å². The summed E-state index contributed by atoms with van der Waals surface area (Å²) in [4.78, 5) is 0. The lowest BCUT2D eigenvalue weighted by atomic mass is 10.1. The van der Waals surface area contributed by atoms with E-state index in [2.05, 4.69) is 88.5 Å². The van der Waals surface area contributed by atoms with Crippen LogP contribution < -0.4 is 0 Å². The summed E-state index contributed by atoms with van der Waals surface area (Å²) in [5.41, 5.74) is 1.40. The highest BCUT2D eigenvalue weighted by Crippen LogP contribution is 2.36. The second kappa shape index (κ2) is 8.35. The smallest absolute Gasteiger partial charge is 0.192 e. The maximum atomic E-state index is 6.09. The number of hydrogen-bond donors (Lipinski definition) is 0. The second-order valence-corrected chi connectivity index (χ2v) is 11.8. The average Bonchev–Trinajstić information content (AvgIpc) is 2.41. The van der Waals surface area contributed by atoms with E-state index in [4.69, 9.17) is 4.43 Å². The molecule has 0 amide bonds. The molecule has 0 aromatic heterocycles. The summed E-state index contributed by atoms with van der Waals surface area (Å²) in [5.74, 6) is 0. The molecule has 0 bridgehead atoms. The average molecular weight is 303 g/mol. The summed E-state index contributed by atoms with van der Waals surface area (Å²) in [6.45, 7) is 12.1. The van der Waals surface area contributed by atoms with E-state index in [0.29, 0.717) is 0 Å². The molecule has 0 aliphatic heterocycles. The monoisotopic (exact) mass is 302 g/mol. The topological polar surface area (TPSA) is 9.23 Å². The molecule has 0 radical (unpaired) electrons. The second-order valence-electron chi connectivity index (χ2n) is 6.95. The molecule has 0 atom stereocenters. The molecule has 0 heterocycles. The molecule has 1 rings (SSSR count). The maximum absolute atomic E-state index is 6.09. The van der Waals surface area contributed by atoms with E-state index in [9.17, 15) is 0 Å². The Bertz CT molecular complexity index is 452. The van der Waals surface area contributed by atoms with Gasteiger partial charge in [0.25, 0.3) is 0 Å². The molecule has 21 heavy (non-hydrogen) atoms. The molecule has 116 valence electrons. The van der Waals surface area contributed by atoms with Gasteiger partial charge in [-0.3, -0.25) is 0 Å². The van der Waals surface area contributed by atoms with Crippen LogP contribution in [0.3, 0.4) is 0 Å². The van der Waals surface area contributed by atoms with Crippen molar-refractivity contribution in [2.24, 2.45) is 0 Å². The van der Waals surface area contributed by atoms with Gasteiger partial charge in [-0.25, -0.2) is 0 Å². The molecule has 1 aromatic rings. The van der Waals surface area contributed by atoms with Crippen molar-refractivity contribution in [1.29, 1.82) is 0 Å². The van der Waals surface area contributed by atoms with Crippen LogP contribution in [0, 0.1) is 0 Å². The molecule has 1 aromatic carbocycles. The summed E-state index contributed by atoms with van der Waals surface area (Å²) < 4.78 is 6.09. The summed E-state index contributed by atoms with van der Waals surface area (Å²) in [7, 11) is -1.60. The third kappa shape index (κ3) is 6.92. The Balaban J connectivity index is 2.22. The van der Waals surface area contributed by atoms with Crippen LogP contribution in [0.4, 0.5) is 0 Å². The van der Waals surface area contributed by atoms with Crippen LogP contribution in [-0.4, -0.2) is 14.9 Å².